The quantitative estimate of drug-likeness (QED) is 0.781. The van der Waals surface area contributed by atoms with Crippen molar-refractivity contribution in [1.29, 1.82) is 0 Å². The lowest BCUT2D eigenvalue weighted by Gasteiger charge is -2.10. The molecule has 0 bridgehead atoms. The van der Waals surface area contributed by atoms with Crippen LogP contribution in [0, 0.1) is 0 Å². The van der Waals surface area contributed by atoms with Crippen molar-refractivity contribution in [2.24, 2.45) is 0 Å². The Balaban J connectivity index is 2.47. The Morgan fingerprint density at radius 1 is 1.24 bits per heavy atom. The van der Waals surface area contributed by atoms with Crippen molar-refractivity contribution in [1.82, 2.24) is 10.2 Å². The number of hydrogen-bond acceptors (Lipinski definition) is 3. The zero-order valence-electron chi connectivity index (χ0n) is 10.8. The molecule has 0 aliphatic carbocycles. The van der Waals surface area contributed by atoms with Gasteiger partial charge < -0.3 is 15.5 Å². The summed E-state index contributed by atoms with van der Waals surface area (Å²) in [6.45, 7) is 1.61. The average molecular weight is 235 g/mol. The minimum atomic E-state index is 0.0414. The van der Waals surface area contributed by atoms with Gasteiger partial charge in [-0.3, -0.25) is 4.79 Å². The fraction of sp³-hybridized carbons (Fsp3) is 0.462. The molecule has 0 saturated heterocycles. The molecule has 0 unspecified atom stereocenters. The third kappa shape index (κ3) is 5.47. The van der Waals surface area contributed by atoms with Gasteiger partial charge in [0.2, 0.25) is 5.91 Å². The van der Waals surface area contributed by atoms with E-state index in [0.29, 0.717) is 13.0 Å². The molecule has 0 fully saturated rings. The number of anilines is 1. The van der Waals surface area contributed by atoms with Gasteiger partial charge in [0.05, 0.1) is 0 Å². The largest absolute Gasteiger partial charge is 0.326 e. The molecule has 2 N–H and O–H groups in total. The number of nitrogens with one attached hydrogen (secondary N) is 2. The van der Waals surface area contributed by atoms with Crippen LogP contribution in [-0.2, 0) is 11.3 Å². The molecular weight excluding hydrogens is 214 g/mol. The Labute approximate surface area is 103 Å². The lowest BCUT2D eigenvalue weighted by atomic mass is 10.2. The van der Waals surface area contributed by atoms with E-state index < -0.39 is 0 Å². The van der Waals surface area contributed by atoms with E-state index in [1.807, 2.05) is 45.4 Å². The first-order valence-electron chi connectivity index (χ1n) is 5.80. The molecule has 1 aromatic carbocycles. The van der Waals surface area contributed by atoms with Gasteiger partial charge in [-0.05, 0) is 38.8 Å². The van der Waals surface area contributed by atoms with Crippen LogP contribution in [0.2, 0.25) is 0 Å². The summed E-state index contributed by atoms with van der Waals surface area (Å²) in [6.07, 6.45) is 0.496. The predicted molar refractivity (Wildman–Crippen MR) is 71.0 cm³/mol. The summed E-state index contributed by atoms with van der Waals surface area (Å²) in [7, 11) is 5.91. The molecule has 1 amide bonds. The first kappa shape index (κ1) is 13.7. The summed E-state index contributed by atoms with van der Waals surface area (Å²) < 4.78 is 0. The lowest BCUT2D eigenvalue weighted by Crippen LogP contribution is -2.18. The van der Waals surface area contributed by atoms with Gasteiger partial charge in [-0.25, -0.2) is 0 Å². The number of amides is 1. The number of carbonyl (C=O) groups excluding carboxylic acids is 1. The van der Waals surface area contributed by atoms with Crippen LogP contribution in [0.25, 0.3) is 0 Å². The molecule has 0 aliphatic heterocycles. The van der Waals surface area contributed by atoms with E-state index in [2.05, 4.69) is 15.5 Å². The monoisotopic (exact) mass is 235 g/mol. The zero-order valence-corrected chi connectivity index (χ0v) is 10.8. The van der Waals surface area contributed by atoms with E-state index in [4.69, 9.17) is 0 Å². The molecule has 0 atom stereocenters. The molecule has 0 saturated carbocycles. The highest BCUT2D eigenvalue weighted by atomic mass is 16.1. The van der Waals surface area contributed by atoms with Gasteiger partial charge in [0.25, 0.3) is 0 Å². The smallest absolute Gasteiger partial charge is 0.225 e. The standard InChI is InChI=1S/C13H21N3O/c1-14-9-8-13(17)15-12-6-4-11(5-7-12)10-16(2)3/h4-7,14H,8-10H2,1-3H3,(H,15,17). The number of hydrogen-bond donors (Lipinski definition) is 2. The highest BCUT2D eigenvalue weighted by molar-refractivity contribution is 5.90. The Hall–Kier alpha value is -1.39. The van der Waals surface area contributed by atoms with E-state index in [-0.39, 0.29) is 5.91 Å². The third-order valence-corrected chi connectivity index (χ3v) is 2.34. The van der Waals surface area contributed by atoms with E-state index >= 15 is 0 Å². The van der Waals surface area contributed by atoms with Crippen LogP contribution in [0.1, 0.15) is 12.0 Å². The minimum Gasteiger partial charge on any atom is -0.326 e. The molecule has 0 aliphatic rings. The lowest BCUT2D eigenvalue weighted by molar-refractivity contribution is -0.116. The number of carbonyl (C=O) groups is 1. The Bertz CT molecular complexity index is 346. The molecular formula is C13H21N3O. The van der Waals surface area contributed by atoms with Crippen LogP contribution >= 0.6 is 0 Å². The third-order valence-electron chi connectivity index (χ3n) is 2.34. The van der Waals surface area contributed by atoms with E-state index in [0.717, 1.165) is 12.2 Å². The van der Waals surface area contributed by atoms with Gasteiger partial charge in [-0.15, -0.1) is 0 Å². The maximum absolute atomic E-state index is 11.5. The SMILES string of the molecule is CNCCC(=O)Nc1ccc(CN(C)C)cc1. The second kappa shape index (κ2) is 7.04. The van der Waals surface area contributed by atoms with Gasteiger partial charge >= 0.3 is 0 Å². The van der Waals surface area contributed by atoms with Crippen LogP contribution in [0.15, 0.2) is 24.3 Å². The molecule has 0 radical (unpaired) electrons. The second-order valence-corrected chi connectivity index (χ2v) is 4.34. The molecule has 94 valence electrons. The van der Waals surface area contributed by atoms with Gasteiger partial charge in [0.1, 0.15) is 0 Å². The molecule has 0 heterocycles. The average Bonchev–Trinajstić information content (AvgIpc) is 2.28. The highest BCUT2D eigenvalue weighted by Gasteiger charge is 2.01. The first-order valence-corrected chi connectivity index (χ1v) is 5.80. The van der Waals surface area contributed by atoms with Gasteiger partial charge in [-0.2, -0.15) is 0 Å². The van der Waals surface area contributed by atoms with Crippen LogP contribution < -0.4 is 10.6 Å². The molecule has 4 heteroatoms. The summed E-state index contributed by atoms with van der Waals surface area (Å²) in [4.78, 5) is 13.6. The van der Waals surface area contributed by atoms with E-state index in [1.54, 1.807) is 0 Å². The maximum Gasteiger partial charge on any atom is 0.225 e. The normalized spacial score (nSPS) is 10.6. The summed E-state index contributed by atoms with van der Waals surface area (Å²) in [5.41, 5.74) is 2.09. The second-order valence-electron chi connectivity index (χ2n) is 4.34. The first-order chi connectivity index (χ1) is 8.11. The van der Waals surface area contributed by atoms with Crippen molar-refractivity contribution in [3.05, 3.63) is 29.8 Å². The summed E-state index contributed by atoms with van der Waals surface area (Å²) in [5.74, 6) is 0.0414. The van der Waals surface area contributed by atoms with Crippen molar-refractivity contribution in [3.63, 3.8) is 0 Å². The summed E-state index contributed by atoms with van der Waals surface area (Å²) in [5, 5.41) is 5.81. The molecule has 0 spiro atoms. The van der Waals surface area contributed by atoms with Gasteiger partial charge in [0.15, 0.2) is 0 Å². The van der Waals surface area contributed by atoms with Crippen molar-refractivity contribution < 1.29 is 4.79 Å². The zero-order chi connectivity index (χ0) is 12.7. The Morgan fingerprint density at radius 2 is 1.88 bits per heavy atom. The molecule has 1 rings (SSSR count). The number of benzene rings is 1. The molecule has 17 heavy (non-hydrogen) atoms. The van der Waals surface area contributed by atoms with Crippen molar-refractivity contribution in [2.45, 2.75) is 13.0 Å². The summed E-state index contributed by atoms with van der Waals surface area (Å²) in [6, 6.07) is 7.95. The van der Waals surface area contributed by atoms with Crippen LogP contribution in [0.4, 0.5) is 5.69 Å². The molecule has 0 aromatic heterocycles. The Morgan fingerprint density at radius 3 is 2.41 bits per heavy atom. The predicted octanol–water partition coefficient (Wildman–Crippen LogP) is 1.30. The van der Waals surface area contributed by atoms with Crippen molar-refractivity contribution in [3.8, 4) is 0 Å². The summed E-state index contributed by atoms with van der Waals surface area (Å²) >= 11 is 0. The fourth-order valence-electron chi connectivity index (χ4n) is 1.52. The Kier molecular flexibility index (Phi) is 5.66. The van der Waals surface area contributed by atoms with E-state index in [1.165, 1.54) is 5.56 Å². The van der Waals surface area contributed by atoms with Crippen LogP contribution in [0.3, 0.4) is 0 Å². The minimum absolute atomic E-state index is 0.0414. The number of rotatable bonds is 6. The van der Waals surface area contributed by atoms with Gasteiger partial charge in [0, 0.05) is 25.2 Å². The molecule has 4 nitrogen and oxygen atoms in total. The number of nitrogens with zero attached hydrogens (tertiary/aromatic N) is 1. The maximum atomic E-state index is 11.5. The molecule has 1 aromatic rings. The van der Waals surface area contributed by atoms with Crippen molar-refractivity contribution >= 4 is 11.6 Å². The van der Waals surface area contributed by atoms with Gasteiger partial charge in [-0.1, -0.05) is 12.1 Å². The van der Waals surface area contributed by atoms with E-state index in [9.17, 15) is 4.79 Å². The highest BCUT2D eigenvalue weighted by Crippen LogP contribution is 2.10. The van der Waals surface area contributed by atoms with Crippen LogP contribution in [-0.4, -0.2) is 38.5 Å². The fourth-order valence-corrected chi connectivity index (χ4v) is 1.52. The van der Waals surface area contributed by atoms with Crippen molar-refractivity contribution in [2.75, 3.05) is 33.0 Å². The topological polar surface area (TPSA) is 44.4 Å². The van der Waals surface area contributed by atoms with Crippen LogP contribution in [0.5, 0.6) is 0 Å².